The highest BCUT2D eigenvalue weighted by atomic mass is 16.6. The molecule has 3 rings (SSSR count). The van der Waals surface area contributed by atoms with Crippen molar-refractivity contribution in [2.45, 2.75) is 13.8 Å². The van der Waals surface area contributed by atoms with Crippen LogP contribution in [0.3, 0.4) is 0 Å². The van der Waals surface area contributed by atoms with Crippen molar-refractivity contribution in [3.63, 3.8) is 0 Å². The van der Waals surface area contributed by atoms with Crippen molar-refractivity contribution < 1.29 is 23.9 Å². The summed E-state index contributed by atoms with van der Waals surface area (Å²) in [5.74, 6) is 0.0511. The zero-order valence-electron chi connectivity index (χ0n) is 18.7. The Hall–Kier alpha value is -4.41. The third-order valence-corrected chi connectivity index (χ3v) is 4.95. The van der Waals surface area contributed by atoms with Crippen LogP contribution in [0.15, 0.2) is 46.2 Å². The number of ether oxygens (including phenoxy) is 3. The molecule has 3 aromatic rings. The molecule has 2 aromatic carbocycles. The number of nitrogens with one attached hydrogen (secondary N) is 1. The van der Waals surface area contributed by atoms with Gasteiger partial charge in [0.1, 0.15) is 0 Å². The second-order valence-electron chi connectivity index (χ2n) is 6.94. The first-order valence-corrected chi connectivity index (χ1v) is 9.68. The first kappa shape index (κ1) is 23.3. The van der Waals surface area contributed by atoms with E-state index in [1.165, 1.54) is 62.4 Å². The van der Waals surface area contributed by atoms with E-state index in [2.05, 4.69) is 10.1 Å². The van der Waals surface area contributed by atoms with Crippen LogP contribution in [-0.4, -0.2) is 47.7 Å². The number of nitrogens with zero attached hydrogens (tertiary/aromatic N) is 3. The third-order valence-electron chi connectivity index (χ3n) is 4.95. The molecule has 1 heterocycles. The number of aromatic amines is 1. The molecule has 0 amide bonds. The maximum atomic E-state index is 13.1. The lowest BCUT2D eigenvalue weighted by Crippen LogP contribution is -2.19. The smallest absolute Gasteiger partial charge is 0.340 e. The number of non-ortho nitro benzene ring substituents is 1. The third kappa shape index (κ3) is 4.47. The van der Waals surface area contributed by atoms with E-state index < -0.39 is 16.5 Å². The summed E-state index contributed by atoms with van der Waals surface area (Å²) in [5.41, 5.74) is 1.47. The molecular weight excluding hydrogens is 432 g/mol. The number of aliphatic imine (C=N–C) groups is 1. The van der Waals surface area contributed by atoms with Gasteiger partial charge in [-0.15, -0.1) is 0 Å². The summed E-state index contributed by atoms with van der Waals surface area (Å²) in [6.07, 6.45) is 0. The molecule has 0 unspecified atom stereocenters. The molecule has 0 spiro atoms. The van der Waals surface area contributed by atoms with Crippen LogP contribution >= 0.6 is 0 Å². The van der Waals surface area contributed by atoms with Gasteiger partial charge in [-0.25, -0.2) is 9.48 Å². The Labute approximate surface area is 188 Å². The van der Waals surface area contributed by atoms with Gasteiger partial charge in [-0.2, -0.15) is 0 Å². The van der Waals surface area contributed by atoms with E-state index in [9.17, 15) is 19.7 Å². The summed E-state index contributed by atoms with van der Waals surface area (Å²) < 4.78 is 16.7. The zero-order valence-corrected chi connectivity index (χ0v) is 18.7. The second-order valence-corrected chi connectivity index (χ2v) is 6.94. The number of carbonyl (C=O) groups excluding carboxylic acids is 1. The van der Waals surface area contributed by atoms with Crippen LogP contribution in [0.2, 0.25) is 0 Å². The topological polar surface area (TPSA) is 138 Å². The Morgan fingerprint density at radius 1 is 1.09 bits per heavy atom. The van der Waals surface area contributed by atoms with Gasteiger partial charge in [0.05, 0.1) is 54.5 Å². The standard InChI is InChI=1S/C22H22N4O7/c1-12(23-17-11-19(32-4)18(31-3)10-16(17)22(28)33-5)20-13(2)24-25(21(20)27)14-6-8-15(9-7-14)26(29)30/h6-11,24H,1-5H3. The van der Waals surface area contributed by atoms with Crippen LogP contribution in [0.5, 0.6) is 11.5 Å². The van der Waals surface area contributed by atoms with Crippen molar-refractivity contribution in [1.82, 2.24) is 9.78 Å². The molecule has 1 N–H and O–H groups in total. The molecule has 0 saturated heterocycles. The Morgan fingerprint density at radius 2 is 1.70 bits per heavy atom. The predicted octanol–water partition coefficient (Wildman–Crippen LogP) is 3.33. The first-order chi connectivity index (χ1) is 15.7. The van der Waals surface area contributed by atoms with Crippen LogP contribution in [0.4, 0.5) is 11.4 Å². The minimum Gasteiger partial charge on any atom is -0.493 e. The van der Waals surface area contributed by atoms with Crippen molar-refractivity contribution >= 4 is 23.1 Å². The molecule has 172 valence electrons. The van der Waals surface area contributed by atoms with Crippen molar-refractivity contribution in [2.75, 3.05) is 21.3 Å². The highest BCUT2D eigenvalue weighted by molar-refractivity contribution is 6.03. The predicted molar refractivity (Wildman–Crippen MR) is 121 cm³/mol. The first-order valence-electron chi connectivity index (χ1n) is 9.68. The minimum absolute atomic E-state index is 0.0863. The number of H-pyrrole nitrogens is 1. The van der Waals surface area contributed by atoms with Gasteiger partial charge in [-0.3, -0.25) is 25.0 Å². The van der Waals surface area contributed by atoms with Crippen molar-refractivity contribution in [2.24, 2.45) is 4.99 Å². The summed E-state index contributed by atoms with van der Waals surface area (Å²) in [6, 6.07) is 8.53. The summed E-state index contributed by atoms with van der Waals surface area (Å²) >= 11 is 0. The number of carbonyl (C=O) groups is 1. The normalized spacial score (nSPS) is 11.2. The van der Waals surface area contributed by atoms with Crippen LogP contribution in [0.1, 0.15) is 28.5 Å². The second kappa shape index (κ2) is 9.39. The Morgan fingerprint density at radius 3 is 2.24 bits per heavy atom. The number of methoxy groups -OCH3 is 3. The monoisotopic (exact) mass is 454 g/mol. The molecule has 33 heavy (non-hydrogen) atoms. The highest BCUT2D eigenvalue weighted by Crippen LogP contribution is 2.35. The number of nitro benzene ring substituents is 1. The summed E-state index contributed by atoms with van der Waals surface area (Å²) in [4.78, 5) is 40.3. The molecule has 11 heteroatoms. The Balaban J connectivity index is 2.12. The van der Waals surface area contributed by atoms with Crippen LogP contribution < -0.4 is 15.0 Å². The lowest BCUT2D eigenvalue weighted by atomic mass is 10.1. The average Bonchev–Trinajstić information content (AvgIpc) is 3.11. The Bertz CT molecular complexity index is 1300. The number of benzene rings is 2. The molecule has 0 aliphatic rings. The summed E-state index contributed by atoms with van der Waals surface area (Å²) in [6.45, 7) is 3.34. The number of hydrogen-bond donors (Lipinski definition) is 1. The van der Waals surface area contributed by atoms with Gasteiger partial charge in [-0.1, -0.05) is 0 Å². The number of hydrogen-bond acceptors (Lipinski definition) is 8. The number of rotatable bonds is 7. The van der Waals surface area contributed by atoms with Gasteiger partial charge in [0.25, 0.3) is 11.2 Å². The van der Waals surface area contributed by atoms with E-state index in [1.54, 1.807) is 13.8 Å². The molecule has 0 aliphatic heterocycles. The van der Waals surface area contributed by atoms with Gasteiger partial charge < -0.3 is 14.2 Å². The molecule has 1 aromatic heterocycles. The molecule has 0 atom stereocenters. The van der Waals surface area contributed by atoms with Crippen LogP contribution in [0.25, 0.3) is 5.69 Å². The maximum Gasteiger partial charge on any atom is 0.340 e. The van der Waals surface area contributed by atoms with E-state index in [-0.39, 0.29) is 16.9 Å². The SMILES string of the molecule is COC(=O)c1cc(OC)c(OC)cc1N=C(C)c1c(C)[nH]n(-c2ccc([N+](=O)[O-])cc2)c1=O. The molecule has 0 radical (unpaired) electrons. The number of aryl methyl sites for hydroxylation is 1. The lowest BCUT2D eigenvalue weighted by molar-refractivity contribution is -0.384. The number of aromatic nitrogens is 2. The molecule has 0 saturated carbocycles. The highest BCUT2D eigenvalue weighted by Gasteiger charge is 2.20. The number of nitro groups is 1. The van der Waals surface area contributed by atoms with Gasteiger partial charge in [0.15, 0.2) is 11.5 Å². The van der Waals surface area contributed by atoms with E-state index >= 15 is 0 Å². The Kier molecular flexibility index (Phi) is 6.61. The quantitative estimate of drug-likeness (QED) is 0.250. The minimum atomic E-state index is -0.628. The largest absolute Gasteiger partial charge is 0.493 e. The molecular formula is C22H22N4O7. The molecule has 0 fully saturated rings. The van der Waals surface area contributed by atoms with E-state index in [0.717, 1.165) is 0 Å². The fourth-order valence-corrected chi connectivity index (χ4v) is 3.35. The van der Waals surface area contributed by atoms with Crippen molar-refractivity contribution in [3.05, 3.63) is 73.7 Å². The fourth-order valence-electron chi connectivity index (χ4n) is 3.35. The van der Waals surface area contributed by atoms with Gasteiger partial charge in [0.2, 0.25) is 0 Å². The molecule has 0 aliphatic carbocycles. The van der Waals surface area contributed by atoms with Crippen molar-refractivity contribution in [3.8, 4) is 17.2 Å². The lowest BCUT2D eigenvalue weighted by Gasteiger charge is -2.12. The van der Waals surface area contributed by atoms with E-state index in [1.807, 2.05) is 0 Å². The fraction of sp³-hybridized carbons (Fsp3) is 0.227. The molecule has 0 bridgehead atoms. The van der Waals surface area contributed by atoms with Gasteiger partial charge >= 0.3 is 5.97 Å². The maximum absolute atomic E-state index is 13.1. The van der Waals surface area contributed by atoms with Gasteiger partial charge in [-0.05, 0) is 26.0 Å². The van der Waals surface area contributed by atoms with E-state index in [4.69, 9.17) is 14.2 Å². The van der Waals surface area contributed by atoms with Gasteiger partial charge in [0, 0.05) is 30.0 Å². The van der Waals surface area contributed by atoms with Crippen LogP contribution in [-0.2, 0) is 4.74 Å². The summed E-state index contributed by atoms with van der Waals surface area (Å²) in [7, 11) is 4.14. The van der Waals surface area contributed by atoms with Crippen LogP contribution in [0, 0.1) is 17.0 Å². The zero-order chi connectivity index (χ0) is 24.3. The number of esters is 1. The van der Waals surface area contributed by atoms with Crippen molar-refractivity contribution in [1.29, 1.82) is 0 Å². The van der Waals surface area contributed by atoms with E-state index in [0.29, 0.717) is 34.2 Å². The summed E-state index contributed by atoms with van der Waals surface area (Å²) in [5, 5.41) is 13.8. The average molecular weight is 454 g/mol. The molecule has 11 nitrogen and oxygen atoms in total.